The van der Waals surface area contributed by atoms with Gasteiger partial charge in [-0.1, -0.05) is 0 Å². The topological polar surface area (TPSA) is 9.23 Å². The van der Waals surface area contributed by atoms with E-state index in [1.165, 1.54) is 44.3 Å². The molecule has 0 radical (unpaired) electrons. The van der Waals surface area contributed by atoms with Crippen molar-refractivity contribution in [3.8, 4) is 0 Å². The molecule has 0 aliphatic carbocycles. The Kier molecular flexibility index (Phi) is 2.42. The van der Waals surface area contributed by atoms with Crippen LogP contribution in [-0.2, 0) is 4.74 Å². The first kappa shape index (κ1) is 7.93. The molecule has 2 aliphatic rings. The molecule has 0 aromatic carbocycles. The molecule has 2 saturated heterocycles. The maximum Gasteiger partial charge on any atom is 0.113 e. The largest absolute Gasteiger partial charge is 0.364 e. The van der Waals surface area contributed by atoms with Crippen molar-refractivity contribution in [3.63, 3.8) is 0 Å². The second kappa shape index (κ2) is 3.36. The van der Waals surface area contributed by atoms with Crippen molar-refractivity contribution in [2.45, 2.75) is 43.5 Å². The summed E-state index contributed by atoms with van der Waals surface area (Å²) in [5, 5.41) is 0. The van der Waals surface area contributed by atoms with Crippen LogP contribution in [0.25, 0.3) is 0 Å². The standard InChI is InChI=1S/C9H16OS/c1-3-7-10-9(5-1)6-2-4-8-11-9/h1-8H2. The lowest BCUT2D eigenvalue weighted by molar-refractivity contribution is -0.0191. The molecule has 2 fully saturated rings. The van der Waals surface area contributed by atoms with E-state index in [9.17, 15) is 0 Å². The minimum Gasteiger partial charge on any atom is -0.364 e. The minimum absolute atomic E-state index is 0.274. The summed E-state index contributed by atoms with van der Waals surface area (Å²) in [5.41, 5.74) is 0. The summed E-state index contributed by atoms with van der Waals surface area (Å²) in [7, 11) is 0. The summed E-state index contributed by atoms with van der Waals surface area (Å²) in [6.45, 7) is 1.01. The van der Waals surface area contributed by atoms with Crippen LogP contribution in [0.15, 0.2) is 0 Å². The fourth-order valence-electron chi connectivity index (χ4n) is 1.96. The Morgan fingerprint density at radius 1 is 1.00 bits per heavy atom. The fourth-order valence-corrected chi connectivity index (χ4v) is 3.43. The van der Waals surface area contributed by atoms with Gasteiger partial charge >= 0.3 is 0 Å². The number of hydrogen-bond acceptors (Lipinski definition) is 2. The van der Waals surface area contributed by atoms with Gasteiger partial charge in [0.15, 0.2) is 0 Å². The number of thioether (sulfide) groups is 1. The SMILES string of the molecule is C1CCC2(CCCCS2)OC1. The van der Waals surface area contributed by atoms with Crippen molar-refractivity contribution in [1.29, 1.82) is 0 Å². The first-order chi connectivity index (χ1) is 5.41. The van der Waals surface area contributed by atoms with E-state index in [0.29, 0.717) is 0 Å². The monoisotopic (exact) mass is 172 g/mol. The summed E-state index contributed by atoms with van der Waals surface area (Å²) in [4.78, 5) is 0.274. The molecule has 2 aliphatic heterocycles. The molecule has 0 amide bonds. The lowest BCUT2D eigenvalue weighted by atomic mass is 10.0. The highest BCUT2D eigenvalue weighted by Crippen LogP contribution is 2.43. The average molecular weight is 172 g/mol. The van der Waals surface area contributed by atoms with Crippen molar-refractivity contribution in [1.82, 2.24) is 0 Å². The second-order valence-electron chi connectivity index (χ2n) is 3.52. The van der Waals surface area contributed by atoms with Crippen LogP contribution >= 0.6 is 11.8 Å². The first-order valence-corrected chi connectivity index (χ1v) is 5.68. The van der Waals surface area contributed by atoms with Crippen LogP contribution in [0.3, 0.4) is 0 Å². The van der Waals surface area contributed by atoms with E-state index in [0.717, 1.165) is 6.61 Å². The Morgan fingerprint density at radius 2 is 1.82 bits per heavy atom. The zero-order valence-electron chi connectivity index (χ0n) is 6.97. The van der Waals surface area contributed by atoms with Gasteiger partial charge in [0, 0.05) is 6.61 Å². The van der Waals surface area contributed by atoms with Crippen molar-refractivity contribution in [2.24, 2.45) is 0 Å². The predicted octanol–water partition coefficient (Wildman–Crippen LogP) is 2.80. The number of rotatable bonds is 0. The smallest absolute Gasteiger partial charge is 0.113 e. The molecule has 0 aromatic heterocycles. The Labute approximate surface area is 72.9 Å². The van der Waals surface area contributed by atoms with Crippen molar-refractivity contribution < 1.29 is 4.74 Å². The van der Waals surface area contributed by atoms with Gasteiger partial charge in [0.2, 0.25) is 0 Å². The molecule has 11 heavy (non-hydrogen) atoms. The van der Waals surface area contributed by atoms with Gasteiger partial charge in [0.1, 0.15) is 4.93 Å². The highest BCUT2D eigenvalue weighted by molar-refractivity contribution is 8.00. The molecule has 0 bridgehead atoms. The molecule has 2 heteroatoms. The van der Waals surface area contributed by atoms with Crippen molar-refractivity contribution in [2.75, 3.05) is 12.4 Å². The molecule has 0 N–H and O–H groups in total. The van der Waals surface area contributed by atoms with Gasteiger partial charge in [-0.05, 0) is 44.3 Å². The third kappa shape index (κ3) is 1.73. The Bertz CT molecular complexity index is 104. The van der Waals surface area contributed by atoms with Crippen LogP contribution < -0.4 is 0 Å². The van der Waals surface area contributed by atoms with Gasteiger partial charge in [-0.2, -0.15) is 0 Å². The molecule has 2 rings (SSSR count). The Balaban J connectivity index is 1.94. The van der Waals surface area contributed by atoms with Crippen molar-refractivity contribution in [3.05, 3.63) is 0 Å². The van der Waals surface area contributed by atoms with Crippen LogP contribution in [0, 0.1) is 0 Å². The van der Waals surface area contributed by atoms with Crippen LogP contribution in [0.4, 0.5) is 0 Å². The highest BCUT2D eigenvalue weighted by atomic mass is 32.2. The van der Waals surface area contributed by atoms with E-state index < -0.39 is 0 Å². The van der Waals surface area contributed by atoms with Gasteiger partial charge in [-0.25, -0.2) is 0 Å². The molecular weight excluding hydrogens is 156 g/mol. The van der Waals surface area contributed by atoms with E-state index >= 15 is 0 Å². The second-order valence-corrected chi connectivity index (χ2v) is 4.96. The molecule has 0 saturated carbocycles. The van der Waals surface area contributed by atoms with Gasteiger partial charge in [0.25, 0.3) is 0 Å². The van der Waals surface area contributed by atoms with Crippen LogP contribution in [0.5, 0.6) is 0 Å². The van der Waals surface area contributed by atoms with E-state index in [4.69, 9.17) is 4.74 Å². The minimum atomic E-state index is 0.274. The Morgan fingerprint density at radius 3 is 2.45 bits per heavy atom. The number of ether oxygens (including phenoxy) is 1. The third-order valence-corrected chi connectivity index (χ3v) is 4.18. The summed E-state index contributed by atoms with van der Waals surface area (Å²) >= 11 is 2.06. The quantitative estimate of drug-likeness (QED) is 0.555. The van der Waals surface area contributed by atoms with Gasteiger partial charge in [-0.3, -0.25) is 0 Å². The van der Waals surface area contributed by atoms with E-state index in [1.54, 1.807) is 0 Å². The third-order valence-electron chi connectivity index (χ3n) is 2.63. The molecule has 1 nitrogen and oxygen atoms in total. The average Bonchev–Trinajstić information content (AvgIpc) is 2.07. The zero-order valence-corrected chi connectivity index (χ0v) is 7.79. The van der Waals surface area contributed by atoms with E-state index in [1.807, 2.05) is 0 Å². The maximum atomic E-state index is 5.87. The van der Waals surface area contributed by atoms with Gasteiger partial charge in [-0.15, -0.1) is 11.8 Å². The first-order valence-electron chi connectivity index (χ1n) is 4.69. The summed E-state index contributed by atoms with van der Waals surface area (Å²) in [6.07, 6.45) is 8.05. The molecular formula is C9H16OS. The fraction of sp³-hybridized carbons (Fsp3) is 1.00. The summed E-state index contributed by atoms with van der Waals surface area (Å²) < 4.78 is 5.87. The van der Waals surface area contributed by atoms with E-state index in [-0.39, 0.29) is 4.93 Å². The summed E-state index contributed by atoms with van der Waals surface area (Å²) in [5.74, 6) is 1.32. The van der Waals surface area contributed by atoms with Crippen LogP contribution in [0.2, 0.25) is 0 Å². The highest BCUT2D eigenvalue weighted by Gasteiger charge is 2.34. The molecule has 1 unspecified atom stereocenters. The van der Waals surface area contributed by atoms with E-state index in [2.05, 4.69) is 11.8 Å². The summed E-state index contributed by atoms with van der Waals surface area (Å²) in [6, 6.07) is 0. The maximum absolute atomic E-state index is 5.87. The Hall–Kier alpha value is 0.310. The van der Waals surface area contributed by atoms with Crippen LogP contribution in [0.1, 0.15) is 38.5 Å². The van der Waals surface area contributed by atoms with Crippen LogP contribution in [-0.4, -0.2) is 17.3 Å². The molecule has 2 heterocycles. The zero-order chi connectivity index (χ0) is 7.57. The normalized spacial score (nSPS) is 39.3. The van der Waals surface area contributed by atoms with Crippen molar-refractivity contribution >= 4 is 11.8 Å². The van der Waals surface area contributed by atoms with Gasteiger partial charge in [0.05, 0.1) is 0 Å². The molecule has 64 valence electrons. The predicted molar refractivity (Wildman–Crippen MR) is 48.8 cm³/mol. The number of hydrogen-bond donors (Lipinski definition) is 0. The molecule has 1 spiro atoms. The lowest BCUT2D eigenvalue weighted by Crippen LogP contribution is -2.35. The molecule has 1 atom stereocenters. The van der Waals surface area contributed by atoms with Gasteiger partial charge < -0.3 is 4.74 Å². The lowest BCUT2D eigenvalue weighted by Gasteiger charge is -2.39. The molecule has 0 aromatic rings.